The minimum atomic E-state index is -0.728. The topological polar surface area (TPSA) is 69.6 Å². The van der Waals surface area contributed by atoms with Crippen LogP contribution in [0.5, 0.6) is 11.5 Å². The minimum absolute atomic E-state index is 0.327. The molecule has 0 spiro atoms. The van der Waals surface area contributed by atoms with Crippen LogP contribution in [-0.2, 0) is 11.3 Å². The third-order valence-electron chi connectivity index (χ3n) is 4.85. The molecule has 0 aliphatic heterocycles. The van der Waals surface area contributed by atoms with E-state index in [1.165, 1.54) is 18.2 Å². The smallest absolute Gasteiger partial charge is 0.298 e. The van der Waals surface area contributed by atoms with Crippen LogP contribution in [-0.4, -0.2) is 30.5 Å². The van der Waals surface area contributed by atoms with E-state index >= 15 is 0 Å². The second-order valence-electron chi connectivity index (χ2n) is 6.79. The molecule has 3 rings (SSSR count). The van der Waals surface area contributed by atoms with Crippen molar-refractivity contribution in [1.29, 1.82) is 0 Å². The zero-order valence-corrected chi connectivity index (χ0v) is 17.0. The van der Waals surface area contributed by atoms with E-state index in [-0.39, 0.29) is 0 Å². The number of carbonyl (C=O) groups is 2. The van der Waals surface area contributed by atoms with Gasteiger partial charge in [0.05, 0.1) is 25.6 Å². The largest absolute Gasteiger partial charge is 0.497 e. The Hall–Kier alpha value is -3.54. The summed E-state index contributed by atoms with van der Waals surface area (Å²) in [6.07, 6.45) is 1.80. The van der Waals surface area contributed by atoms with E-state index in [9.17, 15) is 9.59 Å². The van der Waals surface area contributed by atoms with E-state index in [4.69, 9.17) is 9.47 Å². The highest BCUT2D eigenvalue weighted by Gasteiger charge is 2.21. The number of aryl methyl sites for hydroxylation is 2. The third kappa shape index (κ3) is 4.48. The highest BCUT2D eigenvalue weighted by molar-refractivity contribution is 6.46. The van der Waals surface area contributed by atoms with Gasteiger partial charge in [-0.3, -0.25) is 9.59 Å². The molecule has 1 N–H and O–H groups in total. The standard InChI is InChI=1S/C23H24N2O4/c1-15-7-8-17(12-16(15)2)14-25-11-5-6-20(25)22(26)23(27)24-19-10-9-18(28-3)13-21(19)29-4/h5-13H,14H2,1-4H3,(H,24,27). The van der Waals surface area contributed by atoms with Crippen LogP contribution in [0, 0.1) is 13.8 Å². The quantitative estimate of drug-likeness (QED) is 0.488. The molecule has 0 bridgehead atoms. The molecule has 2 aromatic carbocycles. The predicted molar refractivity (Wildman–Crippen MR) is 112 cm³/mol. The van der Waals surface area contributed by atoms with Crippen LogP contribution >= 0.6 is 0 Å². The van der Waals surface area contributed by atoms with E-state index < -0.39 is 11.7 Å². The van der Waals surface area contributed by atoms with Crippen LogP contribution in [0.3, 0.4) is 0 Å². The Bertz CT molecular complexity index is 1050. The molecule has 1 amide bonds. The maximum Gasteiger partial charge on any atom is 0.298 e. The van der Waals surface area contributed by atoms with E-state index in [1.54, 1.807) is 48.2 Å². The Morgan fingerprint density at radius 1 is 0.966 bits per heavy atom. The first-order valence-corrected chi connectivity index (χ1v) is 9.22. The number of nitrogens with zero attached hydrogens (tertiary/aromatic N) is 1. The predicted octanol–water partition coefficient (Wildman–Crippen LogP) is 3.99. The van der Waals surface area contributed by atoms with Gasteiger partial charge in [-0.15, -0.1) is 0 Å². The Labute approximate surface area is 170 Å². The van der Waals surface area contributed by atoms with Crippen LogP contribution in [0.2, 0.25) is 0 Å². The highest BCUT2D eigenvalue weighted by Crippen LogP contribution is 2.29. The molecule has 0 atom stereocenters. The zero-order valence-electron chi connectivity index (χ0n) is 17.0. The molecule has 0 radical (unpaired) electrons. The van der Waals surface area contributed by atoms with Crippen molar-refractivity contribution in [2.45, 2.75) is 20.4 Å². The zero-order chi connectivity index (χ0) is 21.0. The summed E-state index contributed by atoms with van der Waals surface area (Å²) < 4.78 is 12.2. The number of rotatable bonds is 7. The molecule has 0 saturated carbocycles. The summed E-state index contributed by atoms with van der Waals surface area (Å²) in [6.45, 7) is 4.62. The van der Waals surface area contributed by atoms with Crippen molar-refractivity contribution in [2.75, 3.05) is 19.5 Å². The van der Waals surface area contributed by atoms with Crippen LogP contribution < -0.4 is 14.8 Å². The van der Waals surface area contributed by atoms with Gasteiger partial charge in [0.2, 0.25) is 0 Å². The summed E-state index contributed by atoms with van der Waals surface area (Å²) in [6, 6.07) is 14.5. The number of Topliss-reactive ketones (excluding diaryl/α,β-unsaturated/α-hetero) is 1. The normalized spacial score (nSPS) is 10.5. The molecular formula is C23H24N2O4. The molecule has 0 unspecified atom stereocenters. The molecule has 0 fully saturated rings. The molecule has 3 aromatic rings. The fourth-order valence-electron chi connectivity index (χ4n) is 3.05. The first kappa shape index (κ1) is 20.2. The van der Waals surface area contributed by atoms with Gasteiger partial charge in [-0.1, -0.05) is 18.2 Å². The van der Waals surface area contributed by atoms with Crippen molar-refractivity contribution in [3.63, 3.8) is 0 Å². The number of anilines is 1. The summed E-state index contributed by atoms with van der Waals surface area (Å²) >= 11 is 0. The van der Waals surface area contributed by atoms with E-state index in [0.29, 0.717) is 29.4 Å². The van der Waals surface area contributed by atoms with E-state index in [2.05, 4.69) is 31.3 Å². The van der Waals surface area contributed by atoms with Crippen LogP contribution in [0.15, 0.2) is 54.7 Å². The molecule has 0 aliphatic carbocycles. The molecule has 6 nitrogen and oxygen atoms in total. The number of methoxy groups -OCH3 is 2. The summed E-state index contributed by atoms with van der Waals surface area (Å²) in [5, 5.41) is 2.63. The Kier molecular flexibility index (Phi) is 6.02. The average Bonchev–Trinajstić information content (AvgIpc) is 3.18. The molecule has 0 aliphatic rings. The first-order chi connectivity index (χ1) is 13.9. The minimum Gasteiger partial charge on any atom is -0.497 e. The molecule has 0 saturated heterocycles. The van der Waals surface area contributed by atoms with Gasteiger partial charge in [0, 0.05) is 18.8 Å². The molecule has 29 heavy (non-hydrogen) atoms. The first-order valence-electron chi connectivity index (χ1n) is 9.22. The van der Waals surface area contributed by atoms with Crippen LogP contribution in [0.1, 0.15) is 27.2 Å². The van der Waals surface area contributed by atoms with Gasteiger partial charge in [0.1, 0.15) is 11.5 Å². The number of nitrogens with one attached hydrogen (secondary N) is 1. The third-order valence-corrected chi connectivity index (χ3v) is 4.85. The van der Waals surface area contributed by atoms with Crippen molar-refractivity contribution in [3.05, 3.63) is 77.1 Å². The lowest BCUT2D eigenvalue weighted by Gasteiger charge is -2.12. The maximum absolute atomic E-state index is 12.8. The molecule has 1 heterocycles. The Morgan fingerprint density at radius 3 is 2.45 bits per heavy atom. The number of carbonyl (C=O) groups excluding carboxylic acids is 2. The van der Waals surface area contributed by atoms with Crippen molar-refractivity contribution in [1.82, 2.24) is 4.57 Å². The van der Waals surface area contributed by atoms with E-state index in [1.807, 2.05) is 6.07 Å². The van der Waals surface area contributed by atoms with Crippen molar-refractivity contribution in [2.24, 2.45) is 0 Å². The molecular weight excluding hydrogens is 368 g/mol. The van der Waals surface area contributed by atoms with Crippen LogP contribution in [0.4, 0.5) is 5.69 Å². The van der Waals surface area contributed by atoms with Gasteiger partial charge in [-0.2, -0.15) is 0 Å². The van der Waals surface area contributed by atoms with Gasteiger partial charge in [-0.05, 0) is 54.8 Å². The number of benzene rings is 2. The lowest BCUT2D eigenvalue weighted by atomic mass is 10.1. The number of hydrogen-bond donors (Lipinski definition) is 1. The summed E-state index contributed by atoms with van der Waals surface area (Å²) in [5.41, 5.74) is 4.19. The lowest BCUT2D eigenvalue weighted by Crippen LogP contribution is -2.25. The Morgan fingerprint density at radius 2 is 1.76 bits per heavy atom. The molecule has 150 valence electrons. The summed E-state index contributed by atoms with van der Waals surface area (Å²) in [5.74, 6) is -0.338. The van der Waals surface area contributed by atoms with Crippen LogP contribution in [0.25, 0.3) is 0 Å². The number of ether oxygens (including phenoxy) is 2. The van der Waals surface area contributed by atoms with Gasteiger partial charge >= 0.3 is 0 Å². The maximum atomic E-state index is 12.8. The fourth-order valence-corrected chi connectivity index (χ4v) is 3.05. The van der Waals surface area contributed by atoms with E-state index in [0.717, 1.165) is 5.56 Å². The number of ketones is 1. The second kappa shape index (κ2) is 8.65. The SMILES string of the molecule is COc1ccc(NC(=O)C(=O)c2cccn2Cc2ccc(C)c(C)c2)c(OC)c1. The highest BCUT2D eigenvalue weighted by atomic mass is 16.5. The van der Waals surface area contributed by atoms with Crippen molar-refractivity contribution < 1.29 is 19.1 Å². The van der Waals surface area contributed by atoms with Gasteiger partial charge in [0.15, 0.2) is 0 Å². The number of aromatic nitrogens is 1. The Balaban J connectivity index is 1.78. The van der Waals surface area contributed by atoms with Crippen molar-refractivity contribution in [3.8, 4) is 11.5 Å². The monoisotopic (exact) mass is 392 g/mol. The van der Waals surface area contributed by atoms with Crippen molar-refractivity contribution >= 4 is 17.4 Å². The lowest BCUT2D eigenvalue weighted by molar-refractivity contribution is -0.112. The molecule has 1 aromatic heterocycles. The second-order valence-corrected chi connectivity index (χ2v) is 6.79. The summed E-state index contributed by atoms with van der Waals surface area (Å²) in [4.78, 5) is 25.3. The average molecular weight is 392 g/mol. The van der Waals surface area contributed by atoms with Gasteiger partial charge < -0.3 is 19.4 Å². The fraction of sp³-hybridized carbons (Fsp3) is 0.217. The molecule has 6 heteroatoms. The number of hydrogen-bond acceptors (Lipinski definition) is 4. The summed E-state index contributed by atoms with van der Waals surface area (Å²) in [7, 11) is 3.03. The van der Waals surface area contributed by atoms with Gasteiger partial charge in [-0.25, -0.2) is 0 Å². The van der Waals surface area contributed by atoms with Gasteiger partial charge in [0.25, 0.3) is 11.7 Å². The number of amides is 1.